The first-order valence-electron chi connectivity index (χ1n) is 5.72. The van der Waals surface area contributed by atoms with E-state index in [1.165, 1.54) is 0 Å². The van der Waals surface area contributed by atoms with Crippen LogP contribution in [0.25, 0.3) is 0 Å². The van der Waals surface area contributed by atoms with Crippen molar-refractivity contribution in [3.05, 3.63) is 17.7 Å². The summed E-state index contributed by atoms with van der Waals surface area (Å²) >= 11 is 0. The summed E-state index contributed by atoms with van der Waals surface area (Å²) < 4.78 is 4.80. The van der Waals surface area contributed by atoms with Crippen LogP contribution in [0.15, 0.2) is 12.1 Å². The van der Waals surface area contributed by atoms with Crippen molar-refractivity contribution in [1.82, 2.24) is 0 Å². The molecule has 96 valence electrons. The molecule has 0 atom stereocenters. The number of esters is 1. The van der Waals surface area contributed by atoms with Crippen molar-refractivity contribution in [2.75, 3.05) is 29.5 Å². The summed E-state index contributed by atoms with van der Waals surface area (Å²) in [6, 6.07) is 3.47. The van der Waals surface area contributed by atoms with Crippen LogP contribution >= 0.6 is 0 Å². The maximum atomic E-state index is 11.2. The van der Waals surface area contributed by atoms with Crippen LogP contribution in [-0.4, -0.2) is 25.0 Å². The van der Waals surface area contributed by atoms with Crippen molar-refractivity contribution in [3.63, 3.8) is 0 Å². The van der Waals surface area contributed by atoms with Crippen molar-refractivity contribution in [2.24, 2.45) is 0 Å². The zero-order valence-corrected chi connectivity index (χ0v) is 10.1. The van der Waals surface area contributed by atoms with Gasteiger partial charge in [-0.25, -0.2) is 0 Å². The van der Waals surface area contributed by atoms with Crippen LogP contribution in [0.4, 0.5) is 17.1 Å². The number of amides is 1. The van der Waals surface area contributed by atoms with E-state index < -0.39 is 0 Å². The summed E-state index contributed by atoms with van der Waals surface area (Å²) in [6.45, 7) is 2.14. The highest BCUT2D eigenvalue weighted by Crippen LogP contribution is 2.31. The van der Waals surface area contributed by atoms with Gasteiger partial charge in [-0.3, -0.25) is 9.59 Å². The second kappa shape index (κ2) is 4.95. The first kappa shape index (κ1) is 12.2. The molecule has 1 aromatic carbocycles. The van der Waals surface area contributed by atoms with Gasteiger partial charge in [-0.2, -0.15) is 0 Å². The molecule has 0 fully saturated rings. The number of hydrogen-bond donors (Lipinski definition) is 3. The molecule has 0 saturated heterocycles. The summed E-state index contributed by atoms with van der Waals surface area (Å²) in [5.41, 5.74) is 8.58. The smallest absolute Gasteiger partial charge is 0.325 e. The summed E-state index contributed by atoms with van der Waals surface area (Å²) in [4.78, 5) is 22.4. The number of nitrogen functional groups attached to an aromatic ring is 1. The standard InChI is InChI=1S/C12H15N3O3/c1-2-18-12(17)6-14-10-5-9-7(3-8(10)13)4-11(16)15-9/h3,5,14H,2,4,6,13H2,1H3,(H,15,16). The molecule has 0 aliphatic carbocycles. The van der Waals surface area contributed by atoms with Gasteiger partial charge in [0.25, 0.3) is 0 Å². The number of fused-ring (bicyclic) bond motifs is 1. The van der Waals surface area contributed by atoms with E-state index in [0.29, 0.717) is 24.4 Å². The van der Waals surface area contributed by atoms with E-state index in [-0.39, 0.29) is 18.4 Å². The summed E-state index contributed by atoms with van der Waals surface area (Å²) in [6.07, 6.45) is 0.345. The van der Waals surface area contributed by atoms with E-state index in [4.69, 9.17) is 10.5 Å². The van der Waals surface area contributed by atoms with Gasteiger partial charge < -0.3 is 21.1 Å². The highest BCUT2D eigenvalue weighted by atomic mass is 16.5. The van der Waals surface area contributed by atoms with E-state index in [9.17, 15) is 9.59 Å². The van der Waals surface area contributed by atoms with Crippen molar-refractivity contribution in [2.45, 2.75) is 13.3 Å². The van der Waals surface area contributed by atoms with Crippen molar-refractivity contribution >= 4 is 28.9 Å². The Labute approximate surface area is 104 Å². The molecule has 1 aliphatic heterocycles. The molecule has 0 saturated carbocycles. The Bertz CT molecular complexity index is 500. The Hall–Kier alpha value is -2.24. The third-order valence-corrected chi connectivity index (χ3v) is 2.63. The molecule has 0 radical (unpaired) electrons. The number of rotatable bonds is 4. The lowest BCUT2D eigenvalue weighted by molar-refractivity contribution is -0.140. The fourth-order valence-electron chi connectivity index (χ4n) is 1.83. The van der Waals surface area contributed by atoms with Crippen LogP contribution in [0.5, 0.6) is 0 Å². The minimum Gasteiger partial charge on any atom is -0.465 e. The fraction of sp³-hybridized carbons (Fsp3) is 0.333. The van der Waals surface area contributed by atoms with Crippen LogP contribution in [0.1, 0.15) is 12.5 Å². The SMILES string of the molecule is CCOC(=O)CNc1cc2c(cc1N)CC(=O)N2. The molecule has 0 aromatic heterocycles. The molecule has 4 N–H and O–H groups in total. The topological polar surface area (TPSA) is 93.4 Å². The lowest BCUT2D eigenvalue weighted by Gasteiger charge is -2.10. The summed E-state index contributed by atoms with van der Waals surface area (Å²) in [7, 11) is 0. The molecule has 0 spiro atoms. The molecule has 1 aliphatic rings. The van der Waals surface area contributed by atoms with E-state index in [1.807, 2.05) is 0 Å². The average molecular weight is 249 g/mol. The average Bonchev–Trinajstić information content (AvgIpc) is 2.65. The van der Waals surface area contributed by atoms with Crippen molar-refractivity contribution in [3.8, 4) is 0 Å². The molecule has 6 heteroatoms. The molecule has 1 heterocycles. The van der Waals surface area contributed by atoms with Crippen molar-refractivity contribution < 1.29 is 14.3 Å². The first-order valence-corrected chi connectivity index (χ1v) is 5.72. The van der Waals surface area contributed by atoms with Gasteiger partial charge in [-0.15, -0.1) is 0 Å². The predicted molar refractivity (Wildman–Crippen MR) is 68.3 cm³/mol. The third kappa shape index (κ3) is 2.53. The van der Waals surface area contributed by atoms with Gasteiger partial charge >= 0.3 is 5.97 Å². The number of nitrogens with one attached hydrogen (secondary N) is 2. The van der Waals surface area contributed by atoms with Crippen LogP contribution in [0.3, 0.4) is 0 Å². The second-order valence-corrected chi connectivity index (χ2v) is 3.98. The van der Waals surface area contributed by atoms with Crippen LogP contribution < -0.4 is 16.4 Å². The van der Waals surface area contributed by atoms with E-state index in [2.05, 4.69) is 10.6 Å². The minimum atomic E-state index is -0.346. The molecule has 2 rings (SSSR count). The Balaban J connectivity index is 2.08. The second-order valence-electron chi connectivity index (χ2n) is 3.98. The summed E-state index contributed by atoms with van der Waals surface area (Å²) in [5.74, 6) is -0.395. The molecule has 0 bridgehead atoms. The van der Waals surface area contributed by atoms with Gasteiger partial charge in [-0.1, -0.05) is 0 Å². The number of ether oxygens (including phenoxy) is 1. The highest BCUT2D eigenvalue weighted by molar-refractivity contribution is 6.01. The first-order chi connectivity index (χ1) is 8.60. The van der Waals surface area contributed by atoms with Crippen LogP contribution in [-0.2, 0) is 20.7 Å². The maximum Gasteiger partial charge on any atom is 0.325 e. The van der Waals surface area contributed by atoms with Crippen LogP contribution in [0, 0.1) is 0 Å². The van der Waals surface area contributed by atoms with Gasteiger partial charge in [0.05, 0.1) is 24.4 Å². The number of carbonyl (C=O) groups is 2. The van der Waals surface area contributed by atoms with E-state index in [1.54, 1.807) is 19.1 Å². The molecule has 1 amide bonds. The van der Waals surface area contributed by atoms with Gasteiger partial charge in [0.1, 0.15) is 6.54 Å². The zero-order chi connectivity index (χ0) is 13.1. The normalized spacial score (nSPS) is 12.8. The van der Waals surface area contributed by atoms with E-state index >= 15 is 0 Å². The van der Waals surface area contributed by atoms with Gasteiger partial charge in [0.15, 0.2) is 0 Å². The van der Waals surface area contributed by atoms with Gasteiger partial charge in [0.2, 0.25) is 5.91 Å². The zero-order valence-electron chi connectivity index (χ0n) is 10.1. The lowest BCUT2D eigenvalue weighted by Crippen LogP contribution is -2.17. The monoisotopic (exact) mass is 249 g/mol. The minimum absolute atomic E-state index is 0.0464. The van der Waals surface area contributed by atoms with Gasteiger partial charge in [0, 0.05) is 5.69 Å². The predicted octanol–water partition coefficient (Wildman–Crippen LogP) is 0.738. The molecule has 0 unspecified atom stereocenters. The van der Waals surface area contributed by atoms with Gasteiger partial charge in [-0.05, 0) is 24.6 Å². The van der Waals surface area contributed by atoms with E-state index in [0.717, 1.165) is 11.3 Å². The number of nitrogens with two attached hydrogens (primary N) is 1. The van der Waals surface area contributed by atoms with Crippen LogP contribution in [0.2, 0.25) is 0 Å². The molecular formula is C12H15N3O3. The molecule has 1 aromatic rings. The fourth-order valence-corrected chi connectivity index (χ4v) is 1.83. The Morgan fingerprint density at radius 2 is 2.33 bits per heavy atom. The number of hydrogen-bond acceptors (Lipinski definition) is 5. The Kier molecular flexibility index (Phi) is 3.36. The highest BCUT2D eigenvalue weighted by Gasteiger charge is 2.19. The number of anilines is 3. The number of carbonyl (C=O) groups excluding carboxylic acids is 2. The lowest BCUT2D eigenvalue weighted by atomic mass is 10.1. The maximum absolute atomic E-state index is 11.2. The largest absolute Gasteiger partial charge is 0.465 e. The quantitative estimate of drug-likeness (QED) is 0.540. The molecular weight excluding hydrogens is 234 g/mol. The molecule has 6 nitrogen and oxygen atoms in total. The van der Waals surface area contributed by atoms with Crippen molar-refractivity contribution in [1.29, 1.82) is 0 Å². The molecule has 18 heavy (non-hydrogen) atoms. The Morgan fingerprint density at radius 1 is 1.56 bits per heavy atom. The third-order valence-electron chi connectivity index (χ3n) is 2.63. The summed E-state index contributed by atoms with van der Waals surface area (Å²) in [5, 5.41) is 5.62. The number of benzene rings is 1. The Morgan fingerprint density at radius 3 is 3.06 bits per heavy atom.